The Hall–Kier alpha value is -1.06. The molecular formula is C16H16BrClN2. The van der Waals surface area contributed by atoms with Crippen molar-refractivity contribution in [2.24, 2.45) is 0 Å². The molecule has 0 bridgehead atoms. The van der Waals surface area contributed by atoms with Crippen molar-refractivity contribution in [3.8, 4) is 0 Å². The quantitative estimate of drug-likeness (QED) is 0.718. The molecule has 3 rings (SSSR count). The van der Waals surface area contributed by atoms with E-state index in [1.54, 1.807) is 6.20 Å². The predicted octanol–water partition coefficient (Wildman–Crippen LogP) is 5.55. The zero-order valence-corrected chi connectivity index (χ0v) is 13.6. The highest BCUT2D eigenvalue weighted by atomic mass is 79.9. The first-order valence-electron chi connectivity index (χ1n) is 6.81. The van der Waals surface area contributed by atoms with Crippen molar-refractivity contribution < 1.29 is 0 Å². The molecule has 0 radical (unpaired) electrons. The fraction of sp³-hybridized carbons (Fsp3) is 0.312. The van der Waals surface area contributed by atoms with Crippen LogP contribution in [0.4, 0.5) is 5.69 Å². The molecule has 1 aromatic heterocycles. The fourth-order valence-electron chi connectivity index (χ4n) is 2.86. The summed E-state index contributed by atoms with van der Waals surface area (Å²) in [5.74, 6) is 0.638. The van der Waals surface area contributed by atoms with Gasteiger partial charge >= 0.3 is 0 Å². The van der Waals surface area contributed by atoms with Crippen molar-refractivity contribution in [2.45, 2.75) is 31.7 Å². The number of pyridine rings is 1. The third kappa shape index (κ3) is 2.70. The lowest BCUT2D eigenvalue weighted by Gasteiger charge is -2.31. The molecule has 0 amide bonds. The van der Waals surface area contributed by atoms with Crippen LogP contribution in [0.5, 0.6) is 0 Å². The van der Waals surface area contributed by atoms with Gasteiger partial charge in [-0.05, 0) is 51.9 Å². The van der Waals surface area contributed by atoms with Gasteiger partial charge in [0.1, 0.15) is 5.15 Å². The molecule has 0 fully saturated rings. The van der Waals surface area contributed by atoms with Gasteiger partial charge in [-0.25, -0.2) is 4.98 Å². The minimum Gasteiger partial charge on any atom is -0.377 e. The summed E-state index contributed by atoms with van der Waals surface area (Å²) in [5, 5.41) is 4.07. The van der Waals surface area contributed by atoms with Gasteiger partial charge in [0.25, 0.3) is 0 Å². The molecule has 1 heterocycles. The normalized spacial score (nSPS) is 21.4. The van der Waals surface area contributed by atoms with Gasteiger partial charge in [0.2, 0.25) is 0 Å². The molecule has 2 nitrogen and oxygen atoms in total. The SMILES string of the molecule is CC1CCC(Nc2cnc(Cl)c(Br)c2)c2ccccc21. The molecule has 0 saturated carbocycles. The Bertz CT molecular complexity index is 630. The van der Waals surface area contributed by atoms with E-state index < -0.39 is 0 Å². The lowest BCUT2D eigenvalue weighted by molar-refractivity contribution is 0.534. The Morgan fingerprint density at radius 3 is 2.75 bits per heavy atom. The highest BCUT2D eigenvalue weighted by Crippen LogP contribution is 2.39. The number of anilines is 1. The summed E-state index contributed by atoms with van der Waals surface area (Å²) in [5.41, 5.74) is 3.85. The van der Waals surface area contributed by atoms with Crippen LogP contribution < -0.4 is 5.32 Å². The summed E-state index contributed by atoms with van der Waals surface area (Å²) in [6.45, 7) is 2.30. The third-order valence-corrected chi connectivity index (χ3v) is 5.06. The van der Waals surface area contributed by atoms with Gasteiger partial charge in [0.05, 0.1) is 22.4 Å². The zero-order valence-electron chi connectivity index (χ0n) is 11.2. The third-order valence-electron chi connectivity index (χ3n) is 3.93. The van der Waals surface area contributed by atoms with E-state index >= 15 is 0 Å². The van der Waals surface area contributed by atoms with E-state index in [4.69, 9.17) is 11.6 Å². The summed E-state index contributed by atoms with van der Waals surface area (Å²) in [6.07, 6.45) is 4.13. The molecule has 0 saturated heterocycles. The van der Waals surface area contributed by atoms with Crippen LogP contribution in [0.2, 0.25) is 5.15 Å². The molecule has 2 aromatic rings. The van der Waals surface area contributed by atoms with Gasteiger partial charge in [-0.1, -0.05) is 42.8 Å². The van der Waals surface area contributed by atoms with Crippen LogP contribution in [0.3, 0.4) is 0 Å². The van der Waals surface area contributed by atoms with Crippen molar-refractivity contribution in [2.75, 3.05) is 5.32 Å². The summed E-state index contributed by atoms with van der Waals surface area (Å²) in [7, 11) is 0. The molecule has 104 valence electrons. The number of aromatic nitrogens is 1. The van der Waals surface area contributed by atoms with Crippen LogP contribution in [-0.4, -0.2) is 4.98 Å². The molecule has 1 aliphatic rings. The highest BCUT2D eigenvalue weighted by molar-refractivity contribution is 9.10. The lowest BCUT2D eigenvalue weighted by atomic mass is 9.81. The summed E-state index contributed by atoms with van der Waals surface area (Å²) in [6, 6.07) is 11.0. The highest BCUT2D eigenvalue weighted by Gasteiger charge is 2.24. The topological polar surface area (TPSA) is 24.9 Å². The van der Waals surface area contributed by atoms with Gasteiger partial charge in [-0.3, -0.25) is 0 Å². The van der Waals surface area contributed by atoms with Crippen LogP contribution in [0, 0.1) is 0 Å². The van der Waals surface area contributed by atoms with Crippen LogP contribution in [0.1, 0.15) is 42.9 Å². The van der Waals surface area contributed by atoms with Crippen LogP contribution >= 0.6 is 27.5 Å². The first-order valence-corrected chi connectivity index (χ1v) is 7.98. The van der Waals surface area contributed by atoms with Gasteiger partial charge in [0, 0.05) is 0 Å². The van der Waals surface area contributed by atoms with Gasteiger partial charge in [-0.15, -0.1) is 0 Å². The summed E-state index contributed by atoms with van der Waals surface area (Å²) < 4.78 is 0.821. The predicted molar refractivity (Wildman–Crippen MR) is 87.4 cm³/mol. The molecule has 4 heteroatoms. The fourth-order valence-corrected chi connectivity index (χ4v) is 3.31. The second-order valence-corrected chi connectivity index (χ2v) is 6.51. The van der Waals surface area contributed by atoms with Gasteiger partial charge in [0.15, 0.2) is 0 Å². The number of nitrogens with one attached hydrogen (secondary N) is 1. The standard InChI is InChI=1S/C16H16BrClN2/c1-10-6-7-15(13-5-3-2-4-12(10)13)20-11-8-14(17)16(18)19-9-11/h2-5,8-10,15,20H,6-7H2,1H3. The van der Waals surface area contributed by atoms with Crippen molar-refractivity contribution in [3.05, 3.63) is 57.3 Å². The second-order valence-electron chi connectivity index (χ2n) is 5.30. The number of hydrogen-bond acceptors (Lipinski definition) is 2. The average molecular weight is 352 g/mol. The van der Waals surface area contributed by atoms with E-state index in [1.807, 2.05) is 6.07 Å². The number of fused-ring (bicyclic) bond motifs is 1. The minimum atomic E-state index is 0.345. The molecule has 2 atom stereocenters. The molecule has 0 aliphatic heterocycles. The average Bonchev–Trinajstić information content (AvgIpc) is 2.46. The maximum absolute atomic E-state index is 5.94. The largest absolute Gasteiger partial charge is 0.377 e. The number of nitrogens with zero attached hydrogens (tertiary/aromatic N) is 1. The van der Waals surface area contributed by atoms with Crippen molar-refractivity contribution >= 4 is 33.2 Å². The maximum atomic E-state index is 5.94. The maximum Gasteiger partial charge on any atom is 0.143 e. The van der Waals surface area contributed by atoms with Gasteiger partial charge < -0.3 is 5.32 Å². The van der Waals surface area contributed by atoms with Crippen molar-refractivity contribution in [1.82, 2.24) is 4.98 Å². The van der Waals surface area contributed by atoms with E-state index in [9.17, 15) is 0 Å². The van der Waals surface area contributed by atoms with E-state index in [1.165, 1.54) is 17.5 Å². The first-order chi connectivity index (χ1) is 9.65. The number of halogens is 2. The number of benzene rings is 1. The van der Waals surface area contributed by atoms with Crippen molar-refractivity contribution in [1.29, 1.82) is 0 Å². The Morgan fingerprint density at radius 1 is 1.25 bits per heavy atom. The van der Waals surface area contributed by atoms with Gasteiger partial charge in [-0.2, -0.15) is 0 Å². The Kier molecular flexibility index (Phi) is 3.99. The monoisotopic (exact) mass is 350 g/mol. The molecule has 1 N–H and O–H groups in total. The number of hydrogen-bond donors (Lipinski definition) is 1. The molecule has 0 spiro atoms. The number of rotatable bonds is 2. The van der Waals surface area contributed by atoms with E-state index in [0.29, 0.717) is 17.1 Å². The molecule has 1 aliphatic carbocycles. The smallest absolute Gasteiger partial charge is 0.143 e. The molecule has 20 heavy (non-hydrogen) atoms. The van der Waals surface area contributed by atoms with Crippen molar-refractivity contribution in [3.63, 3.8) is 0 Å². The summed E-state index contributed by atoms with van der Waals surface area (Å²) in [4.78, 5) is 4.17. The van der Waals surface area contributed by atoms with Crippen LogP contribution in [0.15, 0.2) is 41.0 Å². The lowest BCUT2D eigenvalue weighted by Crippen LogP contribution is -2.19. The Labute approximate surface area is 132 Å². The Balaban J connectivity index is 1.88. The zero-order chi connectivity index (χ0) is 14.1. The van der Waals surface area contributed by atoms with Crippen LogP contribution in [0.25, 0.3) is 0 Å². The molecule has 2 unspecified atom stereocenters. The van der Waals surface area contributed by atoms with E-state index in [2.05, 4.69) is 57.4 Å². The van der Waals surface area contributed by atoms with E-state index in [0.717, 1.165) is 16.6 Å². The van der Waals surface area contributed by atoms with E-state index in [-0.39, 0.29) is 0 Å². The molecular weight excluding hydrogens is 336 g/mol. The minimum absolute atomic E-state index is 0.345. The first kappa shape index (κ1) is 13.9. The second kappa shape index (κ2) is 5.74. The Morgan fingerprint density at radius 2 is 2.00 bits per heavy atom. The van der Waals surface area contributed by atoms with Crippen LogP contribution in [-0.2, 0) is 0 Å². The summed E-state index contributed by atoms with van der Waals surface area (Å²) >= 11 is 9.36. The molecule has 1 aromatic carbocycles.